The van der Waals surface area contributed by atoms with Gasteiger partial charge >= 0.3 is 0 Å². The highest BCUT2D eigenvalue weighted by Gasteiger charge is 2.32. The Bertz CT molecular complexity index is 1180. The molecule has 2 aromatic rings. The second-order valence-electron chi connectivity index (χ2n) is 8.58. The van der Waals surface area contributed by atoms with E-state index in [1.165, 1.54) is 23.1 Å². The molecule has 1 N–H and O–H groups in total. The van der Waals surface area contributed by atoms with Crippen molar-refractivity contribution in [3.05, 3.63) is 69.8 Å². The van der Waals surface area contributed by atoms with Crippen molar-refractivity contribution in [2.45, 2.75) is 52.7 Å². The first-order valence-electron chi connectivity index (χ1n) is 11.2. The number of amides is 2. The molecule has 0 aromatic heterocycles. The van der Waals surface area contributed by atoms with Crippen LogP contribution in [-0.2, 0) is 26.2 Å². The maximum atomic E-state index is 13.6. The van der Waals surface area contributed by atoms with Gasteiger partial charge in [0.05, 0.1) is 16.9 Å². The maximum absolute atomic E-state index is 13.6. The highest BCUT2D eigenvalue weighted by molar-refractivity contribution is 7.92. The van der Waals surface area contributed by atoms with Crippen molar-refractivity contribution < 1.29 is 22.9 Å². The van der Waals surface area contributed by atoms with Gasteiger partial charge in [0.25, 0.3) is 5.69 Å². The van der Waals surface area contributed by atoms with E-state index >= 15 is 0 Å². The van der Waals surface area contributed by atoms with Crippen molar-refractivity contribution in [1.82, 2.24) is 10.2 Å². The second kappa shape index (κ2) is 11.8. The van der Waals surface area contributed by atoms with Crippen LogP contribution in [0.4, 0.5) is 11.4 Å². The lowest BCUT2D eigenvalue weighted by Crippen LogP contribution is -2.53. The molecule has 0 saturated carbocycles. The number of nitrogens with zero attached hydrogens (tertiary/aromatic N) is 3. The van der Waals surface area contributed by atoms with Crippen molar-refractivity contribution in [1.29, 1.82) is 0 Å². The Morgan fingerprint density at radius 2 is 1.77 bits per heavy atom. The van der Waals surface area contributed by atoms with Crippen LogP contribution in [0.2, 0.25) is 0 Å². The number of nitro benzene ring substituents is 1. The first kappa shape index (κ1) is 27.8. The molecule has 0 fully saturated rings. The molecular formula is C24H32N4O6S. The van der Waals surface area contributed by atoms with Crippen LogP contribution in [0.1, 0.15) is 38.3 Å². The summed E-state index contributed by atoms with van der Waals surface area (Å²) >= 11 is 0. The minimum Gasteiger partial charge on any atom is -0.352 e. The number of carbonyl (C=O) groups excluding carboxylic acids is 2. The van der Waals surface area contributed by atoms with E-state index in [1.54, 1.807) is 6.92 Å². The molecular weight excluding hydrogens is 472 g/mol. The summed E-state index contributed by atoms with van der Waals surface area (Å²) in [5.74, 6) is -0.943. The first-order chi connectivity index (χ1) is 16.3. The van der Waals surface area contributed by atoms with Crippen LogP contribution in [-0.4, -0.2) is 54.9 Å². The summed E-state index contributed by atoms with van der Waals surface area (Å²) in [5.41, 5.74) is 1.43. The first-order valence-corrected chi connectivity index (χ1v) is 13.1. The quantitative estimate of drug-likeness (QED) is 0.370. The molecule has 0 radical (unpaired) electrons. The highest BCUT2D eigenvalue weighted by Crippen LogP contribution is 2.24. The maximum Gasteiger partial charge on any atom is 0.271 e. The third-order valence-electron chi connectivity index (χ3n) is 5.43. The molecule has 0 bridgehead atoms. The number of non-ortho nitro benzene ring substituents is 1. The molecule has 1 unspecified atom stereocenters. The van der Waals surface area contributed by atoms with E-state index in [-0.39, 0.29) is 29.9 Å². The van der Waals surface area contributed by atoms with Gasteiger partial charge in [0.1, 0.15) is 12.6 Å². The van der Waals surface area contributed by atoms with Gasteiger partial charge in [0, 0.05) is 24.7 Å². The molecule has 0 heterocycles. The molecule has 0 aliphatic rings. The SMILES string of the molecule is CCC(C(=O)NC(C)C)N(Cc1ccccc1C)C(=O)CN(c1cccc([N+](=O)[O-])c1)S(C)(=O)=O. The van der Waals surface area contributed by atoms with Gasteiger partial charge in [0.2, 0.25) is 21.8 Å². The van der Waals surface area contributed by atoms with E-state index < -0.39 is 33.4 Å². The summed E-state index contributed by atoms with van der Waals surface area (Å²) in [6.45, 7) is 6.77. The molecule has 2 rings (SSSR count). The average Bonchev–Trinajstić information content (AvgIpc) is 2.77. The number of benzene rings is 2. The Morgan fingerprint density at radius 1 is 1.11 bits per heavy atom. The standard InChI is InChI=1S/C24H32N4O6S/c1-6-22(24(30)25-17(2)3)26(15-19-11-8-7-10-18(19)4)23(29)16-27(35(5,33)34)20-12-9-13-21(14-20)28(31)32/h7-14,17,22H,6,15-16H2,1-5H3,(H,25,30). The molecule has 2 amide bonds. The van der Waals surface area contributed by atoms with Crippen molar-refractivity contribution in [3.63, 3.8) is 0 Å². The monoisotopic (exact) mass is 504 g/mol. The molecule has 0 aliphatic heterocycles. The van der Waals surface area contributed by atoms with Gasteiger partial charge in [-0.3, -0.25) is 24.0 Å². The molecule has 35 heavy (non-hydrogen) atoms. The average molecular weight is 505 g/mol. The van der Waals surface area contributed by atoms with E-state index in [1.807, 2.05) is 45.0 Å². The minimum atomic E-state index is -3.98. The van der Waals surface area contributed by atoms with Crippen LogP contribution in [0.5, 0.6) is 0 Å². The highest BCUT2D eigenvalue weighted by atomic mass is 32.2. The van der Waals surface area contributed by atoms with Gasteiger partial charge in [-0.25, -0.2) is 8.42 Å². The number of aryl methyl sites for hydroxylation is 1. The molecule has 0 saturated heterocycles. The van der Waals surface area contributed by atoms with Gasteiger partial charge in [-0.15, -0.1) is 0 Å². The lowest BCUT2D eigenvalue weighted by atomic mass is 10.1. The Balaban J connectivity index is 2.49. The summed E-state index contributed by atoms with van der Waals surface area (Å²) in [6.07, 6.45) is 1.24. The lowest BCUT2D eigenvalue weighted by molar-refractivity contribution is -0.384. The second-order valence-corrected chi connectivity index (χ2v) is 10.5. The van der Waals surface area contributed by atoms with Gasteiger partial charge in [0.15, 0.2) is 0 Å². The van der Waals surface area contributed by atoms with Crippen LogP contribution in [0.3, 0.4) is 0 Å². The topological polar surface area (TPSA) is 130 Å². The summed E-state index contributed by atoms with van der Waals surface area (Å²) < 4.78 is 26.0. The number of hydrogen-bond acceptors (Lipinski definition) is 6. The number of hydrogen-bond donors (Lipinski definition) is 1. The van der Waals surface area contributed by atoms with Crippen LogP contribution in [0, 0.1) is 17.0 Å². The van der Waals surface area contributed by atoms with Crippen LogP contribution >= 0.6 is 0 Å². The van der Waals surface area contributed by atoms with E-state index in [0.717, 1.165) is 27.8 Å². The van der Waals surface area contributed by atoms with Gasteiger partial charge in [-0.05, 0) is 44.4 Å². The molecule has 0 aliphatic carbocycles. The van der Waals surface area contributed by atoms with Crippen LogP contribution in [0.25, 0.3) is 0 Å². The molecule has 0 spiro atoms. The lowest BCUT2D eigenvalue weighted by Gasteiger charge is -2.33. The summed E-state index contributed by atoms with van der Waals surface area (Å²) in [7, 11) is -3.98. The number of sulfonamides is 1. The number of carbonyl (C=O) groups is 2. The van der Waals surface area contributed by atoms with Gasteiger partial charge in [-0.1, -0.05) is 37.3 Å². The Morgan fingerprint density at radius 3 is 2.31 bits per heavy atom. The number of nitrogens with one attached hydrogen (secondary N) is 1. The molecule has 10 nitrogen and oxygen atoms in total. The van der Waals surface area contributed by atoms with Crippen molar-refractivity contribution in [2.24, 2.45) is 0 Å². The normalized spacial score (nSPS) is 12.2. The zero-order valence-corrected chi connectivity index (χ0v) is 21.4. The zero-order chi connectivity index (χ0) is 26.3. The Hall–Kier alpha value is -3.47. The fourth-order valence-electron chi connectivity index (χ4n) is 3.65. The van der Waals surface area contributed by atoms with Crippen molar-refractivity contribution in [3.8, 4) is 0 Å². The van der Waals surface area contributed by atoms with Gasteiger partial charge in [-0.2, -0.15) is 0 Å². The van der Waals surface area contributed by atoms with E-state index in [9.17, 15) is 28.1 Å². The van der Waals surface area contributed by atoms with Crippen molar-refractivity contribution in [2.75, 3.05) is 17.1 Å². The zero-order valence-electron chi connectivity index (χ0n) is 20.6. The summed E-state index contributed by atoms with van der Waals surface area (Å²) in [4.78, 5) is 38.5. The van der Waals surface area contributed by atoms with Crippen LogP contribution in [0.15, 0.2) is 48.5 Å². The minimum absolute atomic E-state index is 0.00873. The Labute approximate surface area is 206 Å². The fraction of sp³-hybridized carbons (Fsp3) is 0.417. The molecule has 2 aromatic carbocycles. The van der Waals surface area contributed by atoms with Crippen LogP contribution < -0.4 is 9.62 Å². The largest absolute Gasteiger partial charge is 0.352 e. The predicted molar refractivity (Wildman–Crippen MR) is 134 cm³/mol. The third-order valence-corrected chi connectivity index (χ3v) is 6.57. The fourth-order valence-corrected chi connectivity index (χ4v) is 4.49. The molecule has 11 heteroatoms. The van der Waals surface area contributed by atoms with Gasteiger partial charge < -0.3 is 10.2 Å². The predicted octanol–water partition coefficient (Wildman–Crippen LogP) is 3.00. The molecule has 1 atom stereocenters. The molecule has 190 valence electrons. The number of rotatable bonds is 11. The van der Waals surface area contributed by atoms with E-state index in [4.69, 9.17) is 0 Å². The van der Waals surface area contributed by atoms with E-state index in [0.29, 0.717) is 6.42 Å². The summed E-state index contributed by atoms with van der Waals surface area (Å²) in [5, 5.41) is 14.0. The van der Waals surface area contributed by atoms with E-state index in [2.05, 4.69) is 5.32 Å². The number of nitro groups is 1. The van der Waals surface area contributed by atoms with Crippen molar-refractivity contribution >= 4 is 33.2 Å². The summed E-state index contributed by atoms with van der Waals surface area (Å²) in [6, 6.07) is 11.5. The Kier molecular flexibility index (Phi) is 9.35. The smallest absolute Gasteiger partial charge is 0.271 e. The number of anilines is 1. The third kappa shape index (κ3) is 7.51.